The summed E-state index contributed by atoms with van der Waals surface area (Å²) in [4.78, 5) is 20.4. The zero-order valence-corrected chi connectivity index (χ0v) is 16.6. The molecule has 1 unspecified atom stereocenters. The van der Waals surface area contributed by atoms with Crippen LogP contribution < -0.4 is 0 Å². The monoisotopic (exact) mass is 401 g/mol. The van der Waals surface area contributed by atoms with E-state index in [0.29, 0.717) is 22.5 Å². The molecule has 0 aliphatic carbocycles. The van der Waals surface area contributed by atoms with E-state index in [-0.39, 0.29) is 11.2 Å². The van der Waals surface area contributed by atoms with Crippen molar-refractivity contribution >= 4 is 29.5 Å². The SMILES string of the molecule is CCC(Sc1nnc(CSc2ncccn2)n1-c1ccccc1)C(=O)OC. The fourth-order valence-corrected chi connectivity index (χ4v) is 4.09. The lowest BCUT2D eigenvalue weighted by Gasteiger charge is -2.14. The van der Waals surface area contributed by atoms with Gasteiger partial charge in [-0.1, -0.05) is 48.6 Å². The first-order chi connectivity index (χ1) is 13.2. The van der Waals surface area contributed by atoms with Crippen molar-refractivity contribution in [3.63, 3.8) is 0 Å². The zero-order valence-electron chi connectivity index (χ0n) is 15.0. The molecule has 0 aliphatic rings. The Bertz CT molecular complexity index is 874. The Morgan fingerprint density at radius 2 is 1.89 bits per heavy atom. The number of benzene rings is 1. The minimum Gasteiger partial charge on any atom is -0.468 e. The number of nitrogens with zero attached hydrogens (tertiary/aromatic N) is 5. The summed E-state index contributed by atoms with van der Waals surface area (Å²) in [5.74, 6) is 1.06. The van der Waals surface area contributed by atoms with Crippen molar-refractivity contribution < 1.29 is 9.53 Å². The molecule has 7 nitrogen and oxygen atoms in total. The van der Waals surface area contributed by atoms with Gasteiger partial charge in [-0.25, -0.2) is 9.97 Å². The maximum Gasteiger partial charge on any atom is 0.319 e. The van der Waals surface area contributed by atoms with Gasteiger partial charge < -0.3 is 4.74 Å². The highest BCUT2D eigenvalue weighted by atomic mass is 32.2. The van der Waals surface area contributed by atoms with Crippen LogP contribution in [0.4, 0.5) is 0 Å². The van der Waals surface area contributed by atoms with Gasteiger partial charge in [-0.2, -0.15) is 0 Å². The van der Waals surface area contributed by atoms with Crippen LogP contribution in [0.5, 0.6) is 0 Å². The molecule has 9 heteroatoms. The van der Waals surface area contributed by atoms with Crippen LogP contribution in [0.3, 0.4) is 0 Å². The highest BCUT2D eigenvalue weighted by Gasteiger charge is 2.23. The minimum absolute atomic E-state index is 0.265. The fourth-order valence-electron chi connectivity index (χ4n) is 2.35. The van der Waals surface area contributed by atoms with Crippen molar-refractivity contribution in [3.8, 4) is 5.69 Å². The largest absolute Gasteiger partial charge is 0.468 e. The molecule has 0 amide bonds. The lowest BCUT2D eigenvalue weighted by molar-refractivity contribution is -0.140. The Hall–Kier alpha value is -2.39. The molecule has 2 heterocycles. The van der Waals surface area contributed by atoms with Crippen LogP contribution in [-0.2, 0) is 15.3 Å². The van der Waals surface area contributed by atoms with E-state index in [1.54, 1.807) is 18.5 Å². The van der Waals surface area contributed by atoms with Crippen molar-refractivity contribution in [1.82, 2.24) is 24.7 Å². The fraction of sp³-hybridized carbons (Fsp3) is 0.278. The summed E-state index contributed by atoms with van der Waals surface area (Å²) in [7, 11) is 1.40. The molecular weight excluding hydrogens is 382 g/mol. The lowest BCUT2D eigenvalue weighted by atomic mass is 10.3. The van der Waals surface area contributed by atoms with Gasteiger partial charge in [-0.3, -0.25) is 9.36 Å². The molecule has 0 aliphatic heterocycles. The van der Waals surface area contributed by atoms with Crippen molar-refractivity contribution in [1.29, 1.82) is 0 Å². The molecule has 0 saturated carbocycles. The summed E-state index contributed by atoms with van der Waals surface area (Å²) in [5.41, 5.74) is 0.939. The van der Waals surface area contributed by atoms with E-state index in [2.05, 4.69) is 20.2 Å². The van der Waals surface area contributed by atoms with Gasteiger partial charge in [-0.05, 0) is 24.6 Å². The number of carbonyl (C=O) groups is 1. The third kappa shape index (κ3) is 4.86. The number of thioether (sulfide) groups is 2. The van der Waals surface area contributed by atoms with Crippen LogP contribution in [0.25, 0.3) is 5.69 Å². The number of hydrogen-bond donors (Lipinski definition) is 0. The first-order valence-corrected chi connectivity index (χ1v) is 10.2. The summed E-state index contributed by atoms with van der Waals surface area (Å²) in [6.07, 6.45) is 4.06. The van der Waals surface area contributed by atoms with Gasteiger partial charge in [-0.15, -0.1) is 10.2 Å². The third-order valence-corrected chi connectivity index (χ3v) is 5.83. The van der Waals surface area contributed by atoms with Gasteiger partial charge in [0.1, 0.15) is 11.1 Å². The second kappa shape index (κ2) is 9.52. The Labute approximate surface area is 166 Å². The van der Waals surface area contributed by atoms with Gasteiger partial charge in [0.25, 0.3) is 0 Å². The minimum atomic E-state index is -0.334. The summed E-state index contributed by atoms with van der Waals surface area (Å²) < 4.78 is 6.86. The van der Waals surface area contributed by atoms with Gasteiger partial charge in [0.15, 0.2) is 10.3 Å². The molecule has 0 fully saturated rings. The van der Waals surface area contributed by atoms with E-state index in [0.717, 1.165) is 11.5 Å². The first kappa shape index (κ1) is 19.4. The van der Waals surface area contributed by atoms with Crippen LogP contribution in [0.15, 0.2) is 59.1 Å². The number of esters is 1. The van der Waals surface area contributed by atoms with Gasteiger partial charge in [0.05, 0.1) is 12.9 Å². The van der Waals surface area contributed by atoms with Crippen LogP contribution in [0.1, 0.15) is 19.2 Å². The second-order valence-electron chi connectivity index (χ2n) is 5.43. The number of hydrogen-bond acceptors (Lipinski definition) is 8. The van der Waals surface area contributed by atoms with Crippen LogP contribution in [0, 0.1) is 0 Å². The predicted molar refractivity (Wildman–Crippen MR) is 105 cm³/mol. The first-order valence-electron chi connectivity index (χ1n) is 8.37. The van der Waals surface area contributed by atoms with E-state index in [4.69, 9.17) is 4.74 Å². The molecule has 3 rings (SSSR count). The van der Waals surface area contributed by atoms with Crippen molar-refractivity contribution in [2.24, 2.45) is 0 Å². The summed E-state index contributed by atoms with van der Waals surface area (Å²) >= 11 is 2.84. The van der Waals surface area contributed by atoms with E-state index in [9.17, 15) is 4.79 Å². The number of ether oxygens (including phenoxy) is 1. The van der Waals surface area contributed by atoms with Crippen LogP contribution >= 0.6 is 23.5 Å². The highest BCUT2D eigenvalue weighted by Crippen LogP contribution is 2.29. The standard InChI is InChI=1S/C18H19N5O2S2/c1-3-14(16(24)25-2)27-18-22-21-15(12-26-17-19-10-7-11-20-17)23(18)13-8-5-4-6-9-13/h4-11,14H,3,12H2,1-2H3. The maximum atomic E-state index is 12.0. The molecule has 2 aromatic heterocycles. The van der Waals surface area contributed by atoms with Gasteiger partial charge in [0, 0.05) is 18.1 Å². The molecule has 27 heavy (non-hydrogen) atoms. The van der Waals surface area contributed by atoms with E-state index >= 15 is 0 Å². The number of rotatable bonds is 8. The third-order valence-electron chi connectivity index (χ3n) is 3.67. The van der Waals surface area contributed by atoms with Crippen molar-refractivity contribution in [2.45, 2.75) is 34.7 Å². The lowest BCUT2D eigenvalue weighted by Crippen LogP contribution is -2.18. The molecular formula is C18H19N5O2S2. The Morgan fingerprint density at radius 3 is 2.56 bits per heavy atom. The molecule has 0 spiro atoms. The Morgan fingerprint density at radius 1 is 1.15 bits per heavy atom. The predicted octanol–water partition coefficient (Wildman–Crippen LogP) is 3.39. The summed E-state index contributed by atoms with van der Waals surface area (Å²) in [6.45, 7) is 1.95. The number of para-hydroxylation sites is 1. The zero-order chi connectivity index (χ0) is 19.1. The van der Waals surface area contributed by atoms with Crippen LogP contribution in [0.2, 0.25) is 0 Å². The molecule has 0 radical (unpaired) electrons. The molecule has 0 N–H and O–H groups in total. The van der Waals surface area contributed by atoms with Gasteiger partial charge in [0.2, 0.25) is 0 Å². The molecule has 0 bridgehead atoms. The molecule has 1 atom stereocenters. The Balaban J connectivity index is 1.89. The number of carbonyl (C=O) groups excluding carboxylic acids is 1. The normalized spacial score (nSPS) is 11.9. The Kier molecular flexibility index (Phi) is 6.83. The number of aromatic nitrogens is 5. The van der Waals surface area contributed by atoms with Crippen molar-refractivity contribution in [2.75, 3.05) is 7.11 Å². The summed E-state index contributed by atoms with van der Waals surface area (Å²) in [5, 5.41) is 9.67. The highest BCUT2D eigenvalue weighted by molar-refractivity contribution is 8.00. The summed E-state index contributed by atoms with van der Waals surface area (Å²) in [6, 6.07) is 11.6. The average Bonchev–Trinajstić information content (AvgIpc) is 3.13. The quantitative estimate of drug-likeness (QED) is 0.323. The number of methoxy groups -OCH3 is 1. The van der Waals surface area contributed by atoms with Crippen molar-refractivity contribution in [3.05, 3.63) is 54.6 Å². The molecule has 140 valence electrons. The van der Waals surface area contributed by atoms with E-state index in [1.165, 1.54) is 30.6 Å². The molecule has 3 aromatic rings. The van der Waals surface area contributed by atoms with E-state index in [1.807, 2.05) is 41.8 Å². The van der Waals surface area contributed by atoms with Gasteiger partial charge >= 0.3 is 5.97 Å². The second-order valence-corrected chi connectivity index (χ2v) is 7.54. The molecule has 1 aromatic carbocycles. The van der Waals surface area contributed by atoms with Crippen LogP contribution in [-0.4, -0.2) is 43.1 Å². The maximum absolute atomic E-state index is 12.0. The molecule has 0 saturated heterocycles. The average molecular weight is 402 g/mol. The topological polar surface area (TPSA) is 82.8 Å². The smallest absolute Gasteiger partial charge is 0.319 e. The van der Waals surface area contributed by atoms with E-state index < -0.39 is 0 Å².